The van der Waals surface area contributed by atoms with Gasteiger partial charge in [0.25, 0.3) is 0 Å². The van der Waals surface area contributed by atoms with Crippen molar-refractivity contribution in [2.45, 2.75) is 24.3 Å². The highest BCUT2D eigenvalue weighted by Crippen LogP contribution is 2.13. The van der Waals surface area contributed by atoms with Crippen molar-refractivity contribution < 1.29 is 4.21 Å². The van der Waals surface area contributed by atoms with Crippen LogP contribution in [0.2, 0.25) is 0 Å². The van der Waals surface area contributed by atoms with E-state index in [-0.39, 0.29) is 10.5 Å². The van der Waals surface area contributed by atoms with Crippen LogP contribution in [-0.2, 0) is 10.8 Å². The highest BCUT2D eigenvalue weighted by Gasteiger charge is 2.18. The van der Waals surface area contributed by atoms with E-state index in [1.54, 1.807) is 0 Å². The summed E-state index contributed by atoms with van der Waals surface area (Å²) in [4.78, 5) is 0. The monoisotopic (exact) mass is 130 g/mol. The van der Waals surface area contributed by atoms with Crippen LogP contribution in [-0.4, -0.2) is 14.7 Å². The zero-order chi connectivity index (χ0) is 6.15. The molecule has 1 heterocycles. The maximum atomic E-state index is 11.0. The van der Waals surface area contributed by atoms with Crippen molar-refractivity contribution in [3.8, 4) is 0 Å². The van der Waals surface area contributed by atoms with Gasteiger partial charge < -0.3 is 0 Å². The molecule has 1 aliphatic heterocycles. The molecule has 1 aliphatic rings. The first-order valence-corrected chi connectivity index (χ1v) is 4.07. The number of hydrogen-bond acceptors (Lipinski definition) is 1. The fourth-order valence-electron chi connectivity index (χ4n) is 0.806. The second kappa shape index (κ2) is 2.02. The molecule has 0 saturated heterocycles. The maximum Gasteiger partial charge on any atom is 0.0505 e. The molecule has 46 valence electrons. The lowest BCUT2D eigenvalue weighted by Gasteiger charge is -1.99. The second-order valence-corrected chi connectivity index (χ2v) is 4.27. The van der Waals surface area contributed by atoms with Gasteiger partial charge in [-0.05, 0) is 13.8 Å². The van der Waals surface area contributed by atoms with Crippen molar-refractivity contribution in [3.63, 3.8) is 0 Å². The van der Waals surface area contributed by atoms with E-state index in [0.29, 0.717) is 0 Å². The van der Waals surface area contributed by atoms with Crippen LogP contribution in [0.3, 0.4) is 0 Å². The molecule has 0 aromatic carbocycles. The van der Waals surface area contributed by atoms with Crippen molar-refractivity contribution in [2.75, 3.05) is 0 Å². The minimum Gasteiger partial charge on any atom is -0.258 e. The van der Waals surface area contributed by atoms with Crippen LogP contribution in [0, 0.1) is 0 Å². The Morgan fingerprint density at radius 1 is 1.25 bits per heavy atom. The minimum absolute atomic E-state index is 0.282. The van der Waals surface area contributed by atoms with Gasteiger partial charge in [0.1, 0.15) is 0 Å². The van der Waals surface area contributed by atoms with Gasteiger partial charge in [0.05, 0.1) is 10.5 Å². The molecule has 0 amide bonds. The topological polar surface area (TPSA) is 17.1 Å². The lowest BCUT2D eigenvalue weighted by Crippen LogP contribution is -2.09. The maximum absolute atomic E-state index is 11.0. The summed E-state index contributed by atoms with van der Waals surface area (Å²) in [6.45, 7) is 3.96. The van der Waals surface area contributed by atoms with Crippen LogP contribution in [0.15, 0.2) is 12.2 Å². The summed E-state index contributed by atoms with van der Waals surface area (Å²) in [6.07, 6.45) is 4.03. The van der Waals surface area contributed by atoms with E-state index in [1.807, 2.05) is 26.0 Å². The zero-order valence-electron chi connectivity index (χ0n) is 5.13. The van der Waals surface area contributed by atoms with Gasteiger partial charge in [-0.1, -0.05) is 12.2 Å². The molecule has 0 N–H and O–H groups in total. The standard InChI is InChI=1S/C6H10OS/c1-5-3-4-6(2)8(5)7/h3-6H,1-2H3. The molecule has 0 fully saturated rings. The number of rotatable bonds is 0. The fraction of sp³-hybridized carbons (Fsp3) is 0.667. The van der Waals surface area contributed by atoms with Crippen LogP contribution >= 0.6 is 0 Å². The van der Waals surface area contributed by atoms with Gasteiger partial charge in [-0.25, -0.2) is 0 Å². The van der Waals surface area contributed by atoms with Crippen LogP contribution in [0.5, 0.6) is 0 Å². The van der Waals surface area contributed by atoms with Gasteiger partial charge in [0, 0.05) is 10.8 Å². The first-order chi connectivity index (χ1) is 3.72. The Bertz CT molecular complexity index is 125. The molecule has 0 aliphatic carbocycles. The van der Waals surface area contributed by atoms with E-state index < -0.39 is 10.8 Å². The van der Waals surface area contributed by atoms with Crippen molar-refractivity contribution >= 4 is 10.8 Å². The summed E-state index contributed by atoms with van der Waals surface area (Å²) in [5.41, 5.74) is 0. The smallest absolute Gasteiger partial charge is 0.0505 e. The summed E-state index contributed by atoms with van der Waals surface area (Å²) >= 11 is 0. The van der Waals surface area contributed by atoms with E-state index in [9.17, 15) is 4.21 Å². The van der Waals surface area contributed by atoms with Crippen molar-refractivity contribution in [1.82, 2.24) is 0 Å². The normalized spacial score (nSPS) is 45.5. The molecule has 2 heteroatoms. The Kier molecular flexibility index (Phi) is 1.52. The summed E-state index contributed by atoms with van der Waals surface area (Å²) in [6, 6.07) is 0. The highest BCUT2D eigenvalue weighted by atomic mass is 32.2. The van der Waals surface area contributed by atoms with E-state index in [2.05, 4.69) is 0 Å². The molecule has 1 rings (SSSR count). The van der Waals surface area contributed by atoms with Crippen LogP contribution in [0.4, 0.5) is 0 Å². The predicted octanol–water partition coefficient (Wildman–Crippen LogP) is 1.08. The fourth-order valence-corrected chi connectivity index (χ4v) is 1.97. The van der Waals surface area contributed by atoms with Gasteiger partial charge in [-0.15, -0.1) is 0 Å². The number of hydrogen-bond donors (Lipinski definition) is 0. The first-order valence-electron chi connectivity index (χ1n) is 2.79. The lowest BCUT2D eigenvalue weighted by atomic mass is 10.4. The molecule has 0 bridgehead atoms. The summed E-state index contributed by atoms with van der Waals surface area (Å²) in [7, 11) is -0.623. The molecule has 1 nitrogen and oxygen atoms in total. The molecule has 0 saturated carbocycles. The van der Waals surface area contributed by atoms with Crippen LogP contribution in [0.25, 0.3) is 0 Å². The third kappa shape index (κ3) is 0.848. The molecule has 2 atom stereocenters. The van der Waals surface area contributed by atoms with Gasteiger partial charge in [0.2, 0.25) is 0 Å². The second-order valence-electron chi connectivity index (χ2n) is 2.12. The molecular weight excluding hydrogens is 120 g/mol. The average Bonchev–Trinajstić information content (AvgIpc) is 1.98. The third-order valence-corrected chi connectivity index (χ3v) is 3.17. The Hall–Kier alpha value is -0.110. The Labute approximate surface area is 52.2 Å². The van der Waals surface area contributed by atoms with E-state index >= 15 is 0 Å². The minimum atomic E-state index is -0.623. The van der Waals surface area contributed by atoms with Crippen molar-refractivity contribution in [3.05, 3.63) is 12.2 Å². The zero-order valence-corrected chi connectivity index (χ0v) is 5.94. The van der Waals surface area contributed by atoms with E-state index in [4.69, 9.17) is 0 Å². The molecule has 2 unspecified atom stereocenters. The van der Waals surface area contributed by atoms with Crippen molar-refractivity contribution in [2.24, 2.45) is 0 Å². The van der Waals surface area contributed by atoms with E-state index in [0.717, 1.165) is 0 Å². The molecule has 0 radical (unpaired) electrons. The molecule has 0 aromatic rings. The summed E-state index contributed by atoms with van der Waals surface area (Å²) < 4.78 is 11.0. The highest BCUT2D eigenvalue weighted by molar-refractivity contribution is 7.86. The lowest BCUT2D eigenvalue weighted by molar-refractivity contribution is 0.679. The van der Waals surface area contributed by atoms with Gasteiger partial charge in [-0.2, -0.15) is 0 Å². The van der Waals surface area contributed by atoms with Crippen LogP contribution < -0.4 is 0 Å². The van der Waals surface area contributed by atoms with E-state index in [1.165, 1.54) is 0 Å². The average molecular weight is 130 g/mol. The summed E-state index contributed by atoms with van der Waals surface area (Å²) in [5.74, 6) is 0. The van der Waals surface area contributed by atoms with Gasteiger partial charge in [0.15, 0.2) is 0 Å². The van der Waals surface area contributed by atoms with Crippen molar-refractivity contribution in [1.29, 1.82) is 0 Å². The Balaban J connectivity index is 2.70. The molecule has 0 spiro atoms. The van der Waals surface area contributed by atoms with Gasteiger partial charge in [-0.3, -0.25) is 4.21 Å². The predicted molar refractivity (Wildman–Crippen MR) is 36.2 cm³/mol. The SMILES string of the molecule is CC1C=CC(C)S1=O. The summed E-state index contributed by atoms with van der Waals surface area (Å²) in [5, 5.41) is 0.565. The quantitative estimate of drug-likeness (QED) is 0.448. The Morgan fingerprint density at radius 3 is 1.75 bits per heavy atom. The molecule has 0 aromatic heterocycles. The van der Waals surface area contributed by atoms with Crippen LogP contribution in [0.1, 0.15) is 13.8 Å². The van der Waals surface area contributed by atoms with Gasteiger partial charge >= 0.3 is 0 Å². The largest absolute Gasteiger partial charge is 0.258 e. The first kappa shape index (κ1) is 6.02. The molecule has 8 heavy (non-hydrogen) atoms. The Morgan fingerprint density at radius 2 is 1.62 bits per heavy atom. The third-order valence-electron chi connectivity index (χ3n) is 1.39. The molecular formula is C6H10OS.